The fourth-order valence-electron chi connectivity index (χ4n) is 1.83. The Labute approximate surface area is 125 Å². The molecule has 0 atom stereocenters. The molecular formula is C14H15N3O3S. The number of aromatic nitrogens is 2. The normalized spacial score (nSPS) is 11.0. The monoisotopic (exact) mass is 305 g/mol. The third-order valence-corrected chi connectivity index (χ3v) is 4.00. The number of hydrogen-bond acceptors (Lipinski definition) is 4. The average Bonchev–Trinajstić information content (AvgIpc) is 2.90. The van der Waals surface area contributed by atoms with Crippen LogP contribution in [-0.4, -0.2) is 26.8 Å². The van der Waals surface area contributed by atoms with E-state index >= 15 is 0 Å². The molecule has 2 aromatic rings. The standard InChI is InChI=1S/C14H15N3O3S/c1-8-6-11(21-10(8)4-5-13(18)19)14(20)15-12-7-9(2)16-17(12)3/h4-7H,1-3H3,(H,15,20)(H,18,19)/b5-4+. The number of aliphatic carboxylic acids is 1. The molecule has 2 rings (SSSR count). The van der Waals surface area contributed by atoms with Gasteiger partial charge in [-0.05, 0) is 31.6 Å². The van der Waals surface area contributed by atoms with Gasteiger partial charge >= 0.3 is 5.97 Å². The van der Waals surface area contributed by atoms with Gasteiger partial charge in [-0.15, -0.1) is 11.3 Å². The van der Waals surface area contributed by atoms with Crippen molar-refractivity contribution in [2.24, 2.45) is 7.05 Å². The van der Waals surface area contributed by atoms with E-state index < -0.39 is 5.97 Å². The molecule has 2 aromatic heterocycles. The number of carbonyl (C=O) groups is 2. The van der Waals surface area contributed by atoms with Gasteiger partial charge in [-0.3, -0.25) is 9.48 Å². The Kier molecular flexibility index (Phi) is 4.23. The number of nitrogens with one attached hydrogen (secondary N) is 1. The van der Waals surface area contributed by atoms with Crippen molar-refractivity contribution in [3.05, 3.63) is 39.2 Å². The van der Waals surface area contributed by atoms with Crippen molar-refractivity contribution in [1.82, 2.24) is 9.78 Å². The summed E-state index contributed by atoms with van der Waals surface area (Å²) in [4.78, 5) is 24.0. The molecule has 0 radical (unpaired) electrons. The van der Waals surface area contributed by atoms with Gasteiger partial charge in [0.25, 0.3) is 5.91 Å². The van der Waals surface area contributed by atoms with Gasteiger partial charge in [0.1, 0.15) is 5.82 Å². The lowest BCUT2D eigenvalue weighted by Crippen LogP contribution is -2.13. The highest BCUT2D eigenvalue weighted by Gasteiger charge is 2.13. The van der Waals surface area contributed by atoms with Crippen LogP contribution in [0.1, 0.15) is 25.8 Å². The maximum Gasteiger partial charge on any atom is 0.328 e. The van der Waals surface area contributed by atoms with E-state index in [0.29, 0.717) is 10.7 Å². The highest BCUT2D eigenvalue weighted by atomic mass is 32.1. The lowest BCUT2D eigenvalue weighted by molar-refractivity contribution is -0.131. The number of carboxylic acids is 1. The number of amides is 1. The molecule has 1 amide bonds. The van der Waals surface area contributed by atoms with E-state index in [1.165, 1.54) is 17.4 Å². The van der Waals surface area contributed by atoms with Gasteiger partial charge < -0.3 is 10.4 Å². The Balaban J connectivity index is 2.18. The zero-order chi connectivity index (χ0) is 15.6. The van der Waals surface area contributed by atoms with Crippen molar-refractivity contribution in [2.75, 3.05) is 5.32 Å². The largest absolute Gasteiger partial charge is 0.478 e. The molecule has 7 heteroatoms. The summed E-state index contributed by atoms with van der Waals surface area (Å²) >= 11 is 1.25. The predicted octanol–water partition coefficient (Wildman–Crippen LogP) is 2.45. The molecule has 0 aliphatic heterocycles. The van der Waals surface area contributed by atoms with Crippen molar-refractivity contribution in [2.45, 2.75) is 13.8 Å². The second-order valence-corrected chi connectivity index (χ2v) is 5.66. The van der Waals surface area contributed by atoms with Crippen LogP contribution in [0.25, 0.3) is 6.08 Å². The summed E-state index contributed by atoms with van der Waals surface area (Å²) in [5.41, 5.74) is 1.68. The van der Waals surface area contributed by atoms with Crippen molar-refractivity contribution >= 4 is 35.1 Å². The van der Waals surface area contributed by atoms with Crippen LogP contribution in [0.3, 0.4) is 0 Å². The van der Waals surface area contributed by atoms with E-state index in [4.69, 9.17) is 5.11 Å². The van der Waals surface area contributed by atoms with Crippen LogP contribution in [0.2, 0.25) is 0 Å². The van der Waals surface area contributed by atoms with Crippen LogP contribution in [0.4, 0.5) is 5.82 Å². The van der Waals surface area contributed by atoms with Crippen molar-refractivity contribution in [1.29, 1.82) is 0 Å². The van der Waals surface area contributed by atoms with E-state index in [9.17, 15) is 9.59 Å². The molecule has 0 aromatic carbocycles. The summed E-state index contributed by atoms with van der Waals surface area (Å²) in [5.74, 6) is -0.633. The Hall–Kier alpha value is -2.41. The number of nitrogens with zero attached hydrogens (tertiary/aromatic N) is 2. The van der Waals surface area contributed by atoms with Crippen molar-refractivity contribution < 1.29 is 14.7 Å². The molecule has 2 heterocycles. The number of rotatable bonds is 4. The van der Waals surface area contributed by atoms with Crippen molar-refractivity contribution in [3.8, 4) is 0 Å². The summed E-state index contributed by atoms with van der Waals surface area (Å²) in [6.07, 6.45) is 2.55. The number of aryl methyl sites for hydroxylation is 3. The zero-order valence-corrected chi connectivity index (χ0v) is 12.7. The van der Waals surface area contributed by atoms with Crippen LogP contribution in [0.5, 0.6) is 0 Å². The molecule has 2 N–H and O–H groups in total. The summed E-state index contributed by atoms with van der Waals surface area (Å²) in [6.45, 7) is 3.68. The first-order chi connectivity index (χ1) is 9.86. The summed E-state index contributed by atoms with van der Waals surface area (Å²) in [7, 11) is 1.75. The van der Waals surface area contributed by atoms with Gasteiger partial charge in [0, 0.05) is 24.1 Å². The minimum atomic E-state index is -1.01. The Morgan fingerprint density at radius 3 is 2.67 bits per heavy atom. The van der Waals surface area contributed by atoms with E-state index in [1.54, 1.807) is 23.9 Å². The number of carbonyl (C=O) groups excluding carboxylic acids is 1. The van der Waals surface area contributed by atoms with E-state index in [1.807, 2.05) is 13.8 Å². The number of thiophene rings is 1. The molecule has 0 aliphatic carbocycles. The van der Waals surface area contributed by atoms with Gasteiger partial charge in [0.2, 0.25) is 0 Å². The Morgan fingerprint density at radius 2 is 2.10 bits per heavy atom. The SMILES string of the molecule is Cc1cc(NC(=O)c2cc(C)c(/C=C/C(=O)O)s2)n(C)n1. The van der Waals surface area contributed by atoms with Crippen molar-refractivity contribution in [3.63, 3.8) is 0 Å². The molecule has 0 aliphatic rings. The minimum absolute atomic E-state index is 0.235. The van der Waals surface area contributed by atoms with Crippen LogP contribution in [0, 0.1) is 13.8 Å². The maximum absolute atomic E-state index is 12.2. The smallest absolute Gasteiger partial charge is 0.328 e. The van der Waals surface area contributed by atoms with Gasteiger partial charge in [-0.25, -0.2) is 4.79 Å². The molecule has 0 spiro atoms. The van der Waals surface area contributed by atoms with Gasteiger partial charge in [-0.2, -0.15) is 5.10 Å². The Bertz CT molecular complexity index is 728. The molecule has 110 valence electrons. The van der Waals surface area contributed by atoms with Crippen LogP contribution >= 0.6 is 11.3 Å². The lowest BCUT2D eigenvalue weighted by Gasteiger charge is -2.02. The first kappa shape index (κ1) is 15.0. The van der Waals surface area contributed by atoms with Crippen LogP contribution in [-0.2, 0) is 11.8 Å². The summed E-state index contributed by atoms with van der Waals surface area (Å²) < 4.78 is 1.60. The number of anilines is 1. The van der Waals surface area contributed by atoms with E-state index in [-0.39, 0.29) is 5.91 Å². The fraction of sp³-hybridized carbons (Fsp3) is 0.214. The highest BCUT2D eigenvalue weighted by Crippen LogP contribution is 2.24. The molecule has 0 saturated carbocycles. The topological polar surface area (TPSA) is 84.2 Å². The second-order valence-electron chi connectivity index (χ2n) is 4.58. The maximum atomic E-state index is 12.2. The van der Waals surface area contributed by atoms with Gasteiger partial charge in [0.15, 0.2) is 0 Å². The van der Waals surface area contributed by atoms with Crippen LogP contribution in [0.15, 0.2) is 18.2 Å². The quantitative estimate of drug-likeness (QED) is 0.850. The van der Waals surface area contributed by atoms with Crippen LogP contribution < -0.4 is 5.32 Å². The number of carboxylic acid groups (broad SMARTS) is 1. The van der Waals surface area contributed by atoms with Gasteiger partial charge in [0.05, 0.1) is 10.6 Å². The molecule has 0 saturated heterocycles. The zero-order valence-electron chi connectivity index (χ0n) is 11.9. The third kappa shape index (κ3) is 3.57. The average molecular weight is 305 g/mol. The second kappa shape index (κ2) is 5.92. The molecule has 0 fully saturated rings. The molecule has 0 bridgehead atoms. The molecular weight excluding hydrogens is 290 g/mol. The Morgan fingerprint density at radius 1 is 1.38 bits per heavy atom. The van der Waals surface area contributed by atoms with E-state index in [2.05, 4.69) is 10.4 Å². The van der Waals surface area contributed by atoms with E-state index in [0.717, 1.165) is 22.2 Å². The minimum Gasteiger partial charge on any atom is -0.478 e. The lowest BCUT2D eigenvalue weighted by atomic mass is 10.2. The predicted molar refractivity (Wildman–Crippen MR) is 81.6 cm³/mol. The first-order valence-corrected chi connectivity index (χ1v) is 7.02. The van der Waals surface area contributed by atoms with Gasteiger partial charge in [-0.1, -0.05) is 0 Å². The summed E-state index contributed by atoms with van der Waals surface area (Å²) in [6, 6.07) is 3.52. The highest BCUT2D eigenvalue weighted by molar-refractivity contribution is 7.15. The molecule has 6 nitrogen and oxygen atoms in total. The third-order valence-electron chi connectivity index (χ3n) is 2.80. The molecule has 21 heavy (non-hydrogen) atoms. The molecule has 0 unspecified atom stereocenters. The first-order valence-electron chi connectivity index (χ1n) is 6.20. The summed E-state index contributed by atoms with van der Waals surface area (Å²) in [5, 5.41) is 15.6. The fourth-order valence-corrected chi connectivity index (χ4v) is 2.80. The number of hydrogen-bond donors (Lipinski definition) is 2.